The first-order chi connectivity index (χ1) is 24.0. The van der Waals surface area contributed by atoms with Gasteiger partial charge in [-0.1, -0.05) is 127 Å². The lowest BCUT2D eigenvalue weighted by Crippen LogP contribution is -2.13. The Balaban J connectivity index is 1.44. The number of nitrogens with zero attached hydrogens (tertiary/aromatic N) is 3. The van der Waals surface area contributed by atoms with Gasteiger partial charge in [0, 0.05) is 5.56 Å². The first-order valence-electron chi connectivity index (χ1n) is 18.2. The predicted molar refractivity (Wildman–Crippen MR) is 202 cm³/mol. The summed E-state index contributed by atoms with van der Waals surface area (Å²) in [5.41, 5.74) is 2.34. The quantitative estimate of drug-likeness (QED) is 0.105. The average molecular weight is 656 g/mol. The zero-order valence-electron chi connectivity index (χ0n) is 29.4. The number of unbranched alkanes of at least 4 members (excludes halogenated alkanes) is 2. The molecule has 6 rings (SSSR count). The van der Waals surface area contributed by atoms with Gasteiger partial charge in [-0.2, -0.15) is 9.97 Å². The summed E-state index contributed by atoms with van der Waals surface area (Å²) in [6, 6.07) is 29.4. The summed E-state index contributed by atoms with van der Waals surface area (Å²) in [5, 5.41) is 18.2. The monoisotopic (exact) mass is 655 g/mol. The van der Waals surface area contributed by atoms with Crippen LogP contribution in [0.4, 0.5) is 0 Å². The van der Waals surface area contributed by atoms with Crippen molar-refractivity contribution in [1.82, 2.24) is 15.0 Å². The van der Waals surface area contributed by atoms with Crippen LogP contribution in [0.3, 0.4) is 0 Å². The SMILES string of the molecule is CCCCC(CC)COc1nc(-c2ccc(COC(CC)CCCC)cc2O)nc(-c2cc3c4ccccc4ccc3c3ccccc23)n1. The van der Waals surface area contributed by atoms with Gasteiger partial charge in [-0.15, -0.1) is 0 Å². The average Bonchev–Trinajstić information content (AvgIpc) is 3.14. The van der Waals surface area contributed by atoms with Gasteiger partial charge < -0.3 is 14.6 Å². The minimum absolute atomic E-state index is 0.106. The molecule has 1 heterocycles. The third-order valence-electron chi connectivity index (χ3n) is 9.74. The molecule has 6 nitrogen and oxygen atoms in total. The van der Waals surface area contributed by atoms with E-state index >= 15 is 0 Å². The van der Waals surface area contributed by atoms with E-state index in [-0.39, 0.29) is 17.9 Å². The standard InChI is InChI=1S/C43H49N3O3/c1-5-9-15-29(7-3)27-49-43-45-41(37-23-21-30(25-40(37)47)28-48-32(8-4)17-10-6-2)44-42(46-43)39-26-38-33-18-12-11-16-31(33)22-24-36(38)34-19-13-14-20-35(34)39/h11-14,16,18-26,29,32,47H,5-10,15,17,27-28H2,1-4H3. The van der Waals surface area contributed by atoms with Crippen LogP contribution in [0, 0.1) is 5.92 Å². The molecular weight excluding hydrogens is 606 g/mol. The Kier molecular flexibility index (Phi) is 11.4. The number of hydrogen-bond acceptors (Lipinski definition) is 6. The summed E-state index contributed by atoms with van der Waals surface area (Å²) < 4.78 is 12.6. The number of rotatable bonds is 16. The lowest BCUT2D eigenvalue weighted by Gasteiger charge is -2.17. The van der Waals surface area contributed by atoms with Crippen LogP contribution in [0.2, 0.25) is 0 Å². The maximum Gasteiger partial charge on any atom is 0.320 e. The van der Waals surface area contributed by atoms with Crippen molar-refractivity contribution >= 4 is 32.3 Å². The van der Waals surface area contributed by atoms with Gasteiger partial charge in [0.25, 0.3) is 0 Å². The number of hydrogen-bond donors (Lipinski definition) is 1. The summed E-state index contributed by atoms with van der Waals surface area (Å²) in [6.45, 7) is 9.75. The molecule has 1 aromatic heterocycles. The van der Waals surface area contributed by atoms with E-state index in [0.29, 0.717) is 36.3 Å². The summed E-state index contributed by atoms with van der Waals surface area (Å²) in [7, 11) is 0. The number of benzene rings is 5. The van der Waals surface area contributed by atoms with Crippen LogP contribution in [-0.2, 0) is 11.3 Å². The van der Waals surface area contributed by atoms with Crippen molar-refractivity contribution in [2.24, 2.45) is 5.92 Å². The second-order valence-electron chi connectivity index (χ2n) is 13.2. The molecule has 0 saturated carbocycles. The molecule has 0 fully saturated rings. The molecule has 5 aromatic carbocycles. The fourth-order valence-corrected chi connectivity index (χ4v) is 6.71. The van der Waals surface area contributed by atoms with Crippen LogP contribution in [-0.4, -0.2) is 32.8 Å². The lowest BCUT2D eigenvalue weighted by atomic mass is 9.93. The molecule has 0 spiro atoms. The van der Waals surface area contributed by atoms with E-state index in [0.717, 1.165) is 78.7 Å². The molecule has 254 valence electrons. The highest BCUT2D eigenvalue weighted by atomic mass is 16.5. The van der Waals surface area contributed by atoms with Crippen molar-refractivity contribution in [1.29, 1.82) is 0 Å². The Labute approximate surface area is 290 Å². The van der Waals surface area contributed by atoms with Crippen LogP contribution in [0.15, 0.2) is 84.9 Å². The molecule has 0 amide bonds. The van der Waals surface area contributed by atoms with E-state index in [1.54, 1.807) is 6.07 Å². The normalized spacial score (nSPS) is 12.9. The number of fused-ring (bicyclic) bond motifs is 5. The number of phenols is 1. The smallest absolute Gasteiger partial charge is 0.320 e. The van der Waals surface area contributed by atoms with E-state index in [1.807, 2.05) is 12.1 Å². The summed E-state index contributed by atoms with van der Waals surface area (Å²) in [5.74, 6) is 1.41. The van der Waals surface area contributed by atoms with Crippen molar-refractivity contribution in [3.63, 3.8) is 0 Å². The molecule has 6 heteroatoms. The minimum atomic E-state index is 0.106. The Morgan fingerprint density at radius 1 is 0.633 bits per heavy atom. The third-order valence-corrected chi connectivity index (χ3v) is 9.74. The summed E-state index contributed by atoms with van der Waals surface area (Å²) in [4.78, 5) is 14.7. The summed E-state index contributed by atoms with van der Waals surface area (Å²) in [6.07, 6.45) is 8.96. The van der Waals surface area contributed by atoms with Gasteiger partial charge in [0.1, 0.15) is 5.75 Å². The van der Waals surface area contributed by atoms with Crippen LogP contribution in [0.1, 0.15) is 84.6 Å². The Hall–Kier alpha value is -4.55. The zero-order valence-corrected chi connectivity index (χ0v) is 29.4. The van der Waals surface area contributed by atoms with Gasteiger partial charge >= 0.3 is 6.01 Å². The first kappa shape index (κ1) is 34.3. The molecule has 0 aliphatic carbocycles. The summed E-state index contributed by atoms with van der Waals surface area (Å²) >= 11 is 0. The maximum atomic E-state index is 11.3. The number of phenolic OH excluding ortho intramolecular Hbond substituents is 1. The van der Waals surface area contributed by atoms with Gasteiger partial charge in [-0.25, -0.2) is 4.98 Å². The van der Waals surface area contributed by atoms with Gasteiger partial charge in [0.05, 0.1) is 24.9 Å². The van der Waals surface area contributed by atoms with Gasteiger partial charge in [-0.3, -0.25) is 0 Å². The van der Waals surface area contributed by atoms with Crippen molar-refractivity contribution in [3.8, 4) is 34.5 Å². The molecule has 6 aromatic rings. The Morgan fingerprint density at radius 3 is 2.06 bits per heavy atom. The predicted octanol–water partition coefficient (Wildman–Crippen LogP) is 11.5. The highest BCUT2D eigenvalue weighted by molar-refractivity contribution is 6.20. The number of ether oxygens (including phenoxy) is 2. The van der Waals surface area contributed by atoms with Crippen LogP contribution in [0.25, 0.3) is 55.1 Å². The zero-order chi connectivity index (χ0) is 34.2. The van der Waals surface area contributed by atoms with Crippen molar-refractivity contribution in [3.05, 3.63) is 90.5 Å². The maximum absolute atomic E-state index is 11.3. The van der Waals surface area contributed by atoms with Crippen molar-refractivity contribution < 1.29 is 14.6 Å². The molecule has 1 N–H and O–H groups in total. The van der Waals surface area contributed by atoms with E-state index in [4.69, 9.17) is 24.4 Å². The topological polar surface area (TPSA) is 77.4 Å². The highest BCUT2D eigenvalue weighted by Gasteiger charge is 2.19. The van der Waals surface area contributed by atoms with Gasteiger partial charge in [0.15, 0.2) is 11.6 Å². The first-order valence-corrected chi connectivity index (χ1v) is 18.2. The molecule has 2 atom stereocenters. The third kappa shape index (κ3) is 7.86. The molecule has 0 saturated heterocycles. The Bertz CT molecular complexity index is 2020. The van der Waals surface area contributed by atoms with Crippen LogP contribution in [0.5, 0.6) is 11.8 Å². The second-order valence-corrected chi connectivity index (χ2v) is 13.2. The van der Waals surface area contributed by atoms with Gasteiger partial charge in [0.2, 0.25) is 0 Å². The largest absolute Gasteiger partial charge is 0.507 e. The molecule has 2 unspecified atom stereocenters. The fraction of sp³-hybridized carbons (Fsp3) is 0.372. The van der Waals surface area contributed by atoms with Crippen LogP contribution < -0.4 is 4.74 Å². The van der Waals surface area contributed by atoms with E-state index in [2.05, 4.69) is 94.4 Å². The van der Waals surface area contributed by atoms with Crippen molar-refractivity contribution in [2.45, 2.75) is 91.8 Å². The molecule has 49 heavy (non-hydrogen) atoms. The molecule has 0 aliphatic heterocycles. The van der Waals surface area contributed by atoms with E-state index < -0.39 is 0 Å². The van der Waals surface area contributed by atoms with E-state index in [1.165, 1.54) is 16.2 Å². The van der Waals surface area contributed by atoms with Crippen LogP contribution >= 0.6 is 0 Å². The molecular formula is C43H49N3O3. The Morgan fingerprint density at radius 2 is 1.33 bits per heavy atom. The van der Waals surface area contributed by atoms with Crippen molar-refractivity contribution in [2.75, 3.05) is 6.61 Å². The molecule has 0 bridgehead atoms. The van der Waals surface area contributed by atoms with Gasteiger partial charge in [-0.05, 0) is 81.3 Å². The highest BCUT2D eigenvalue weighted by Crippen LogP contribution is 2.38. The number of aromatic nitrogens is 3. The second kappa shape index (κ2) is 16.2. The van der Waals surface area contributed by atoms with E-state index in [9.17, 15) is 5.11 Å². The molecule has 0 radical (unpaired) electrons. The minimum Gasteiger partial charge on any atom is -0.507 e. The molecule has 0 aliphatic rings. The number of aromatic hydroxyl groups is 1. The fourth-order valence-electron chi connectivity index (χ4n) is 6.71. The lowest BCUT2D eigenvalue weighted by molar-refractivity contribution is 0.0312.